The SMILES string of the molecule is Cn1cc(-c2ccc3c(Cl)nc(C(F)(F)c4ccc(F)cc4)nc3c2)cn1. The first kappa shape index (κ1) is 17.5. The minimum atomic E-state index is -3.52. The van der Waals surface area contributed by atoms with Crippen LogP contribution in [0.4, 0.5) is 13.2 Å². The van der Waals surface area contributed by atoms with E-state index in [-0.39, 0.29) is 10.7 Å². The quantitative estimate of drug-likeness (QED) is 0.466. The molecule has 0 radical (unpaired) electrons. The number of halogens is 4. The summed E-state index contributed by atoms with van der Waals surface area (Å²) in [6.07, 6.45) is 3.47. The van der Waals surface area contributed by atoms with E-state index in [1.807, 2.05) is 0 Å². The molecule has 4 aromatic rings. The van der Waals surface area contributed by atoms with Gasteiger partial charge in [0.25, 0.3) is 0 Å². The van der Waals surface area contributed by atoms with Gasteiger partial charge in [0, 0.05) is 29.8 Å². The van der Waals surface area contributed by atoms with Gasteiger partial charge in [0.15, 0.2) is 0 Å². The molecular weight excluding hydrogens is 377 g/mol. The number of aromatic nitrogens is 4. The van der Waals surface area contributed by atoms with E-state index in [0.29, 0.717) is 5.39 Å². The van der Waals surface area contributed by atoms with Gasteiger partial charge in [-0.25, -0.2) is 14.4 Å². The lowest BCUT2D eigenvalue weighted by Crippen LogP contribution is -2.19. The second kappa shape index (κ2) is 6.35. The van der Waals surface area contributed by atoms with Crippen LogP contribution >= 0.6 is 11.6 Å². The van der Waals surface area contributed by atoms with E-state index in [1.165, 1.54) is 0 Å². The van der Waals surface area contributed by atoms with Crippen molar-refractivity contribution in [2.75, 3.05) is 0 Å². The summed E-state index contributed by atoms with van der Waals surface area (Å²) in [6, 6.07) is 9.07. The van der Waals surface area contributed by atoms with Crippen molar-refractivity contribution in [3.8, 4) is 11.1 Å². The first-order chi connectivity index (χ1) is 12.8. The van der Waals surface area contributed by atoms with Crippen molar-refractivity contribution in [2.24, 2.45) is 7.05 Å². The van der Waals surface area contributed by atoms with Gasteiger partial charge in [0.05, 0.1) is 11.7 Å². The summed E-state index contributed by atoms with van der Waals surface area (Å²) in [7, 11) is 1.78. The first-order valence-electron chi connectivity index (χ1n) is 7.95. The zero-order valence-electron chi connectivity index (χ0n) is 14.0. The van der Waals surface area contributed by atoms with Gasteiger partial charge in [-0.15, -0.1) is 0 Å². The standard InChI is InChI=1S/C19H12ClF3N4/c1-27-10-12(9-24-27)11-2-7-15-16(8-11)25-18(26-17(15)20)19(22,23)13-3-5-14(21)6-4-13/h2-10H,1H3. The zero-order chi connectivity index (χ0) is 19.2. The number of hydrogen-bond donors (Lipinski definition) is 0. The highest BCUT2D eigenvalue weighted by Crippen LogP contribution is 2.36. The van der Waals surface area contributed by atoms with Crippen molar-refractivity contribution in [3.63, 3.8) is 0 Å². The second-order valence-electron chi connectivity index (χ2n) is 6.05. The molecular formula is C19H12ClF3N4. The second-order valence-corrected chi connectivity index (χ2v) is 6.41. The fourth-order valence-corrected chi connectivity index (χ4v) is 3.01. The smallest absolute Gasteiger partial charge is 0.275 e. The normalized spacial score (nSPS) is 11.9. The fourth-order valence-electron chi connectivity index (χ4n) is 2.77. The molecule has 0 atom stereocenters. The molecule has 0 amide bonds. The van der Waals surface area contributed by atoms with Crippen molar-refractivity contribution in [1.82, 2.24) is 19.7 Å². The average molecular weight is 389 g/mol. The number of rotatable bonds is 3. The maximum absolute atomic E-state index is 14.8. The third-order valence-electron chi connectivity index (χ3n) is 4.18. The monoisotopic (exact) mass is 388 g/mol. The first-order valence-corrected chi connectivity index (χ1v) is 8.33. The van der Waals surface area contributed by atoms with Gasteiger partial charge in [0.1, 0.15) is 11.0 Å². The number of fused-ring (bicyclic) bond motifs is 1. The molecule has 0 saturated carbocycles. The topological polar surface area (TPSA) is 43.6 Å². The zero-order valence-corrected chi connectivity index (χ0v) is 14.8. The lowest BCUT2D eigenvalue weighted by atomic mass is 10.1. The summed E-state index contributed by atoms with van der Waals surface area (Å²) in [5, 5.41) is 4.49. The van der Waals surface area contributed by atoms with Gasteiger partial charge in [-0.05, 0) is 42.0 Å². The van der Waals surface area contributed by atoms with Crippen LogP contribution in [0.15, 0.2) is 54.9 Å². The number of aryl methyl sites for hydroxylation is 1. The summed E-state index contributed by atoms with van der Waals surface area (Å²) in [6.45, 7) is 0. The minimum Gasteiger partial charge on any atom is -0.275 e. The van der Waals surface area contributed by atoms with Crippen LogP contribution in [0.2, 0.25) is 5.15 Å². The molecule has 136 valence electrons. The highest BCUT2D eigenvalue weighted by molar-refractivity contribution is 6.34. The Hall–Kier alpha value is -2.93. The third-order valence-corrected chi connectivity index (χ3v) is 4.46. The summed E-state index contributed by atoms with van der Waals surface area (Å²) in [4.78, 5) is 7.81. The van der Waals surface area contributed by atoms with Crippen molar-refractivity contribution in [2.45, 2.75) is 5.92 Å². The maximum atomic E-state index is 14.8. The average Bonchev–Trinajstić information content (AvgIpc) is 3.08. The van der Waals surface area contributed by atoms with E-state index in [1.54, 1.807) is 42.3 Å². The Morgan fingerprint density at radius 2 is 1.74 bits per heavy atom. The van der Waals surface area contributed by atoms with Crippen molar-refractivity contribution >= 4 is 22.5 Å². The Morgan fingerprint density at radius 1 is 1.00 bits per heavy atom. The van der Waals surface area contributed by atoms with Crippen molar-refractivity contribution in [3.05, 3.63) is 77.2 Å². The molecule has 2 aromatic heterocycles. The highest BCUT2D eigenvalue weighted by Gasteiger charge is 2.38. The fraction of sp³-hybridized carbons (Fsp3) is 0.105. The molecule has 2 aromatic carbocycles. The summed E-state index contributed by atoms with van der Waals surface area (Å²) < 4.78 is 44.4. The largest absolute Gasteiger partial charge is 0.331 e. The van der Waals surface area contributed by atoms with Crippen LogP contribution in [-0.4, -0.2) is 19.7 Å². The number of nitrogens with zero attached hydrogens (tertiary/aromatic N) is 4. The van der Waals surface area contributed by atoms with E-state index in [4.69, 9.17) is 11.6 Å². The third kappa shape index (κ3) is 3.14. The molecule has 27 heavy (non-hydrogen) atoms. The van der Waals surface area contributed by atoms with Gasteiger partial charge in [-0.3, -0.25) is 4.68 Å². The predicted molar refractivity (Wildman–Crippen MR) is 96.1 cm³/mol. The van der Waals surface area contributed by atoms with Crippen LogP contribution < -0.4 is 0 Å². The molecule has 4 nitrogen and oxygen atoms in total. The molecule has 0 bridgehead atoms. The lowest BCUT2D eigenvalue weighted by Gasteiger charge is -2.16. The number of benzene rings is 2. The Balaban J connectivity index is 1.85. The molecule has 0 N–H and O–H groups in total. The van der Waals surface area contributed by atoms with Crippen LogP contribution in [0.3, 0.4) is 0 Å². The van der Waals surface area contributed by atoms with Crippen molar-refractivity contribution < 1.29 is 13.2 Å². The summed E-state index contributed by atoms with van der Waals surface area (Å²) in [5.74, 6) is -4.86. The Kier molecular flexibility index (Phi) is 4.11. The van der Waals surface area contributed by atoms with Crippen LogP contribution in [-0.2, 0) is 13.0 Å². The lowest BCUT2D eigenvalue weighted by molar-refractivity contribution is 0.0331. The van der Waals surface area contributed by atoms with Crippen LogP contribution in [0, 0.1) is 5.82 Å². The molecule has 0 aliphatic carbocycles. The van der Waals surface area contributed by atoms with Gasteiger partial charge in [-0.1, -0.05) is 17.7 Å². The van der Waals surface area contributed by atoms with Crippen LogP contribution in [0.5, 0.6) is 0 Å². The molecule has 4 rings (SSSR count). The molecule has 0 aliphatic rings. The molecule has 0 saturated heterocycles. The Bertz CT molecular complexity index is 1140. The van der Waals surface area contributed by atoms with Gasteiger partial charge >= 0.3 is 5.92 Å². The van der Waals surface area contributed by atoms with Crippen LogP contribution in [0.25, 0.3) is 22.0 Å². The molecule has 0 spiro atoms. The van der Waals surface area contributed by atoms with E-state index >= 15 is 0 Å². The maximum Gasteiger partial charge on any atom is 0.331 e. The Morgan fingerprint density at radius 3 is 2.41 bits per heavy atom. The number of hydrogen-bond acceptors (Lipinski definition) is 3. The molecule has 8 heteroatoms. The van der Waals surface area contributed by atoms with E-state index in [9.17, 15) is 13.2 Å². The van der Waals surface area contributed by atoms with Gasteiger partial charge in [-0.2, -0.15) is 13.9 Å². The molecule has 0 aliphatic heterocycles. The van der Waals surface area contributed by atoms with Crippen LogP contribution in [0.1, 0.15) is 11.4 Å². The Labute approximate surface area is 157 Å². The predicted octanol–water partition coefficient (Wildman–Crippen LogP) is 4.96. The van der Waals surface area contributed by atoms with E-state index < -0.39 is 23.1 Å². The van der Waals surface area contributed by atoms with E-state index in [0.717, 1.165) is 35.4 Å². The molecule has 2 heterocycles. The molecule has 0 unspecified atom stereocenters. The summed E-state index contributed by atoms with van der Waals surface area (Å²) >= 11 is 6.12. The molecule has 0 fully saturated rings. The van der Waals surface area contributed by atoms with Crippen molar-refractivity contribution in [1.29, 1.82) is 0 Å². The van der Waals surface area contributed by atoms with Gasteiger partial charge < -0.3 is 0 Å². The van der Waals surface area contributed by atoms with Gasteiger partial charge in [0.2, 0.25) is 5.82 Å². The van der Waals surface area contributed by atoms with E-state index in [2.05, 4.69) is 15.1 Å². The summed E-state index contributed by atoms with van der Waals surface area (Å²) in [5.41, 5.74) is 1.46. The highest BCUT2D eigenvalue weighted by atomic mass is 35.5. The minimum absolute atomic E-state index is 0.0745. The number of alkyl halides is 2.